The van der Waals surface area contributed by atoms with E-state index in [2.05, 4.69) is 0 Å². The number of carbonyl (C=O) groups is 2. The molecule has 0 radical (unpaired) electrons. The lowest BCUT2D eigenvalue weighted by molar-refractivity contribution is -0.142. The zero-order chi connectivity index (χ0) is 15.4. The summed E-state index contributed by atoms with van der Waals surface area (Å²) in [6.45, 7) is 4.97. The maximum Gasteiger partial charge on any atom is 0.308 e. The third-order valence-electron chi connectivity index (χ3n) is 3.91. The minimum atomic E-state index is -0.832. The Balaban J connectivity index is 2.05. The monoisotopic (exact) mass is 291 g/mol. The van der Waals surface area contributed by atoms with Gasteiger partial charge in [0.1, 0.15) is 5.75 Å². The maximum atomic E-state index is 12.4. The Kier molecular flexibility index (Phi) is 4.83. The first-order chi connectivity index (χ1) is 10.0. The number of carbonyl (C=O) groups excluding carboxylic acids is 1. The highest BCUT2D eigenvalue weighted by Crippen LogP contribution is 2.26. The molecule has 1 amide bonds. The molecule has 5 nitrogen and oxygen atoms in total. The van der Waals surface area contributed by atoms with E-state index >= 15 is 0 Å². The molecule has 114 valence electrons. The van der Waals surface area contributed by atoms with Gasteiger partial charge in [0.2, 0.25) is 0 Å². The highest BCUT2D eigenvalue weighted by molar-refractivity contribution is 5.95. The standard InChI is InChI=1S/C16H21NO4/c1-3-10-21-13-6-4-12(5-7-13)15(18)17-9-8-14(11(17)2)16(19)20/h4-7,11,14H,3,8-10H2,1-2H3,(H,19,20). The van der Waals surface area contributed by atoms with E-state index in [9.17, 15) is 9.59 Å². The number of carboxylic acids is 1. The molecule has 0 saturated carbocycles. The first kappa shape index (κ1) is 15.4. The molecule has 1 saturated heterocycles. The van der Waals surface area contributed by atoms with Gasteiger partial charge in [0.15, 0.2) is 0 Å². The van der Waals surface area contributed by atoms with Gasteiger partial charge in [0.05, 0.1) is 12.5 Å². The van der Waals surface area contributed by atoms with E-state index in [-0.39, 0.29) is 11.9 Å². The van der Waals surface area contributed by atoms with Crippen molar-refractivity contribution in [1.82, 2.24) is 4.90 Å². The largest absolute Gasteiger partial charge is 0.494 e. The number of carboxylic acid groups (broad SMARTS) is 1. The van der Waals surface area contributed by atoms with Gasteiger partial charge in [0, 0.05) is 18.2 Å². The highest BCUT2D eigenvalue weighted by atomic mass is 16.5. The van der Waals surface area contributed by atoms with Gasteiger partial charge >= 0.3 is 5.97 Å². The van der Waals surface area contributed by atoms with E-state index in [1.165, 1.54) is 0 Å². The van der Waals surface area contributed by atoms with Crippen LogP contribution >= 0.6 is 0 Å². The van der Waals surface area contributed by atoms with Gasteiger partial charge in [-0.05, 0) is 44.0 Å². The Bertz CT molecular complexity index is 512. The number of rotatable bonds is 5. The topological polar surface area (TPSA) is 66.8 Å². The lowest BCUT2D eigenvalue weighted by atomic mass is 10.0. The molecule has 1 heterocycles. The number of hydrogen-bond donors (Lipinski definition) is 1. The van der Waals surface area contributed by atoms with Gasteiger partial charge < -0.3 is 14.7 Å². The molecule has 2 unspecified atom stereocenters. The zero-order valence-electron chi connectivity index (χ0n) is 12.4. The Labute approximate surface area is 124 Å². The SMILES string of the molecule is CCCOc1ccc(C(=O)N2CCC(C(=O)O)C2C)cc1. The molecule has 2 rings (SSSR count). The van der Waals surface area contributed by atoms with Crippen molar-refractivity contribution in [2.75, 3.05) is 13.2 Å². The number of hydrogen-bond acceptors (Lipinski definition) is 3. The molecule has 0 aliphatic carbocycles. The normalized spacial score (nSPS) is 21.3. The van der Waals surface area contributed by atoms with Crippen LogP contribution in [0.15, 0.2) is 24.3 Å². The predicted molar refractivity (Wildman–Crippen MR) is 78.5 cm³/mol. The lowest BCUT2D eigenvalue weighted by Gasteiger charge is -2.23. The van der Waals surface area contributed by atoms with Crippen LogP contribution in [0.2, 0.25) is 0 Å². The predicted octanol–water partition coefficient (Wildman–Crippen LogP) is 2.41. The Morgan fingerprint density at radius 3 is 2.52 bits per heavy atom. The van der Waals surface area contributed by atoms with E-state index in [1.54, 1.807) is 36.1 Å². The molecule has 0 aromatic heterocycles. The molecule has 1 aliphatic rings. The average Bonchev–Trinajstić information content (AvgIpc) is 2.87. The fourth-order valence-electron chi connectivity index (χ4n) is 2.64. The molecule has 1 aromatic rings. The summed E-state index contributed by atoms with van der Waals surface area (Å²) in [6.07, 6.45) is 1.45. The summed E-state index contributed by atoms with van der Waals surface area (Å²) < 4.78 is 5.48. The first-order valence-electron chi connectivity index (χ1n) is 7.31. The molecule has 0 spiro atoms. The summed E-state index contributed by atoms with van der Waals surface area (Å²) in [4.78, 5) is 25.2. The molecule has 0 bridgehead atoms. The third kappa shape index (κ3) is 3.35. The molecule has 21 heavy (non-hydrogen) atoms. The van der Waals surface area contributed by atoms with Gasteiger partial charge in [-0.25, -0.2) is 0 Å². The van der Waals surface area contributed by atoms with E-state index in [1.807, 2.05) is 6.92 Å². The summed E-state index contributed by atoms with van der Waals surface area (Å²) in [7, 11) is 0. The van der Waals surface area contributed by atoms with Gasteiger partial charge in [-0.1, -0.05) is 6.92 Å². The molecule has 1 fully saturated rings. The summed E-state index contributed by atoms with van der Waals surface area (Å²) in [5.74, 6) is -0.679. The number of benzene rings is 1. The van der Waals surface area contributed by atoms with Crippen molar-refractivity contribution < 1.29 is 19.4 Å². The summed E-state index contributed by atoms with van der Waals surface area (Å²) >= 11 is 0. The van der Waals surface area contributed by atoms with Gasteiger partial charge in [-0.15, -0.1) is 0 Å². The molecule has 1 aliphatic heterocycles. The van der Waals surface area contributed by atoms with Crippen molar-refractivity contribution in [2.45, 2.75) is 32.7 Å². The van der Waals surface area contributed by atoms with Gasteiger partial charge in [-0.2, -0.15) is 0 Å². The number of nitrogens with zero attached hydrogens (tertiary/aromatic N) is 1. The second-order valence-electron chi connectivity index (χ2n) is 5.35. The van der Waals surface area contributed by atoms with Crippen molar-refractivity contribution in [3.05, 3.63) is 29.8 Å². The summed E-state index contributed by atoms with van der Waals surface area (Å²) in [5, 5.41) is 9.12. The Morgan fingerprint density at radius 2 is 2.00 bits per heavy atom. The van der Waals surface area contributed by atoms with Crippen LogP contribution in [0.3, 0.4) is 0 Å². The van der Waals surface area contributed by atoms with Crippen LogP contribution in [0.1, 0.15) is 37.0 Å². The van der Waals surface area contributed by atoms with Crippen LogP contribution in [-0.2, 0) is 4.79 Å². The molecule has 2 atom stereocenters. The second kappa shape index (κ2) is 6.61. The van der Waals surface area contributed by atoms with E-state index in [0.29, 0.717) is 25.1 Å². The van der Waals surface area contributed by atoms with E-state index in [4.69, 9.17) is 9.84 Å². The van der Waals surface area contributed by atoms with E-state index < -0.39 is 11.9 Å². The Hall–Kier alpha value is -2.04. The van der Waals surface area contributed by atoms with Crippen molar-refractivity contribution in [3.63, 3.8) is 0 Å². The molecule has 1 aromatic carbocycles. The molecular formula is C16H21NO4. The van der Waals surface area contributed by atoms with Crippen LogP contribution in [0.4, 0.5) is 0 Å². The van der Waals surface area contributed by atoms with Gasteiger partial charge in [-0.3, -0.25) is 9.59 Å². The van der Waals surface area contributed by atoms with E-state index in [0.717, 1.165) is 12.2 Å². The first-order valence-corrected chi connectivity index (χ1v) is 7.31. The minimum absolute atomic E-state index is 0.117. The highest BCUT2D eigenvalue weighted by Gasteiger charge is 2.38. The van der Waals surface area contributed by atoms with Crippen molar-refractivity contribution >= 4 is 11.9 Å². The minimum Gasteiger partial charge on any atom is -0.494 e. The smallest absolute Gasteiger partial charge is 0.308 e. The fraction of sp³-hybridized carbons (Fsp3) is 0.500. The van der Waals surface area contributed by atoms with Crippen LogP contribution < -0.4 is 4.74 Å². The summed E-state index contributed by atoms with van der Waals surface area (Å²) in [6, 6.07) is 6.74. The number of amides is 1. The van der Waals surface area contributed by atoms with Crippen molar-refractivity contribution in [1.29, 1.82) is 0 Å². The van der Waals surface area contributed by atoms with Gasteiger partial charge in [0.25, 0.3) is 5.91 Å². The zero-order valence-corrected chi connectivity index (χ0v) is 12.4. The van der Waals surface area contributed by atoms with Crippen LogP contribution in [0.5, 0.6) is 5.75 Å². The second-order valence-corrected chi connectivity index (χ2v) is 5.35. The summed E-state index contributed by atoms with van der Waals surface area (Å²) in [5.41, 5.74) is 0.566. The molecule has 1 N–H and O–H groups in total. The number of likely N-dealkylation sites (tertiary alicyclic amines) is 1. The Morgan fingerprint density at radius 1 is 1.33 bits per heavy atom. The van der Waals surface area contributed by atoms with Crippen LogP contribution in [-0.4, -0.2) is 41.1 Å². The fourth-order valence-corrected chi connectivity index (χ4v) is 2.64. The van der Waals surface area contributed by atoms with Crippen molar-refractivity contribution in [2.24, 2.45) is 5.92 Å². The van der Waals surface area contributed by atoms with Crippen molar-refractivity contribution in [3.8, 4) is 5.75 Å². The van der Waals surface area contributed by atoms with Crippen LogP contribution in [0, 0.1) is 5.92 Å². The molecule has 5 heteroatoms. The lowest BCUT2D eigenvalue weighted by Crippen LogP contribution is -2.37. The molecular weight excluding hydrogens is 270 g/mol. The number of aliphatic carboxylic acids is 1. The quantitative estimate of drug-likeness (QED) is 0.904. The number of ether oxygens (including phenoxy) is 1. The average molecular weight is 291 g/mol. The van der Waals surface area contributed by atoms with Crippen LogP contribution in [0.25, 0.3) is 0 Å². The third-order valence-corrected chi connectivity index (χ3v) is 3.91. The maximum absolute atomic E-state index is 12.4.